The van der Waals surface area contributed by atoms with E-state index in [1.807, 2.05) is 0 Å². The molecule has 28 heavy (non-hydrogen) atoms. The number of carbonyl (C=O) groups is 4. The van der Waals surface area contributed by atoms with E-state index in [0.717, 1.165) is 4.90 Å². The van der Waals surface area contributed by atoms with E-state index in [-0.39, 0.29) is 11.1 Å². The zero-order chi connectivity index (χ0) is 20.7. The summed E-state index contributed by atoms with van der Waals surface area (Å²) >= 11 is 0. The van der Waals surface area contributed by atoms with Crippen LogP contribution in [-0.4, -0.2) is 60.1 Å². The third-order valence-corrected chi connectivity index (χ3v) is 3.69. The molecule has 2 rings (SSSR count). The van der Waals surface area contributed by atoms with Gasteiger partial charge in [0.1, 0.15) is 0 Å². The number of carboxylic acids is 1. The highest BCUT2D eigenvalue weighted by molar-refractivity contribution is 5.96. The summed E-state index contributed by atoms with van der Waals surface area (Å²) in [5.41, 5.74) is 0.219. The number of benzene rings is 2. The Hall–Kier alpha value is -3.68. The fourth-order valence-electron chi connectivity index (χ4n) is 2.25. The topological polar surface area (TPSA) is 110 Å². The first kappa shape index (κ1) is 20.6. The van der Waals surface area contributed by atoms with Crippen molar-refractivity contribution in [2.75, 3.05) is 14.1 Å². The van der Waals surface area contributed by atoms with Gasteiger partial charge in [0.05, 0.1) is 11.1 Å². The summed E-state index contributed by atoms with van der Waals surface area (Å²) in [6.07, 6.45) is -3.87. The van der Waals surface area contributed by atoms with E-state index in [1.165, 1.54) is 38.4 Å². The molecule has 0 aliphatic carbocycles. The van der Waals surface area contributed by atoms with Crippen molar-refractivity contribution in [2.45, 2.75) is 12.2 Å². The molecule has 1 amide bonds. The molecule has 8 heteroatoms. The van der Waals surface area contributed by atoms with Crippen molar-refractivity contribution < 1.29 is 33.8 Å². The minimum atomic E-state index is -2.02. The standard InChI is InChI=1S/C20H19NO7/c1-21(2)17(22)15(27-19(25)13-9-5-3-6-10-13)16(18(23)24)28-20(26)14-11-7-4-8-12-14/h3-12,15-16H,1-2H3,(H,23,24)/t15-,16-/m1/s1. The fraction of sp³-hybridized carbons (Fsp3) is 0.200. The van der Waals surface area contributed by atoms with Gasteiger partial charge in [-0.2, -0.15) is 0 Å². The van der Waals surface area contributed by atoms with Gasteiger partial charge in [0.15, 0.2) is 0 Å². The van der Waals surface area contributed by atoms with Gasteiger partial charge in [-0.3, -0.25) is 4.79 Å². The van der Waals surface area contributed by atoms with Crippen LogP contribution in [-0.2, 0) is 19.1 Å². The van der Waals surface area contributed by atoms with E-state index < -0.39 is 36.0 Å². The van der Waals surface area contributed by atoms with Gasteiger partial charge in [-0.25, -0.2) is 14.4 Å². The second kappa shape index (κ2) is 9.31. The van der Waals surface area contributed by atoms with Crippen LogP contribution in [0.2, 0.25) is 0 Å². The van der Waals surface area contributed by atoms with Gasteiger partial charge >= 0.3 is 17.9 Å². The molecule has 0 aliphatic heterocycles. The molecule has 2 aromatic rings. The summed E-state index contributed by atoms with van der Waals surface area (Å²) < 4.78 is 10.1. The Morgan fingerprint density at radius 1 is 0.750 bits per heavy atom. The molecule has 0 unspecified atom stereocenters. The number of nitrogens with zero attached hydrogens (tertiary/aromatic N) is 1. The Bertz CT molecular complexity index is 849. The van der Waals surface area contributed by atoms with E-state index in [9.17, 15) is 24.3 Å². The zero-order valence-electron chi connectivity index (χ0n) is 15.3. The Labute approximate surface area is 161 Å². The molecule has 2 aromatic carbocycles. The lowest BCUT2D eigenvalue weighted by Gasteiger charge is -2.25. The lowest BCUT2D eigenvalue weighted by atomic mass is 10.1. The molecule has 0 saturated carbocycles. The quantitative estimate of drug-likeness (QED) is 0.721. The Morgan fingerprint density at radius 3 is 1.50 bits per heavy atom. The minimum absolute atomic E-state index is 0.0965. The highest BCUT2D eigenvalue weighted by Gasteiger charge is 2.41. The van der Waals surface area contributed by atoms with Crippen molar-refractivity contribution in [1.29, 1.82) is 0 Å². The van der Waals surface area contributed by atoms with Crippen molar-refractivity contribution in [3.63, 3.8) is 0 Å². The van der Waals surface area contributed by atoms with Gasteiger partial charge in [0.2, 0.25) is 12.2 Å². The molecule has 0 spiro atoms. The molecule has 0 aromatic heterocycles. The highest BCUT2D eigenvalue weighted by atomic mass is 16.6. The number of hydrogen-bond donors (Lipinski definition) is 1. The number of carboxylic acid groups (broad SMARTS) is 1. The second-order valence-electron chi connectivity index (χ2n) is 5.95. The number of likely N-dealkylation sites (N-methyl/N-ethyl adjacent to an activating group) is 1. The van der Waals surface area contributed by atoms with Crippen LogP contribution in [0, 0.1) is 0 Å². The first-order chi connectivity index (χ1) is 13.3. The smallest absolute Gasteiger partial charge is 0.349 e. The number of aliphatic carboxylic acids is 1. The van der Waals surface area contributed by atoms with Gasteiger partial charge in [0, 0.05) is 14.1 Å². The summed E-state index contributed by atoms with van der Waals surface area (Å²) in [6, 6.07) is 15.4. The summed E-state index contributed by atoms with van der Waals surface area (Å²) in [4.78, 5) is 49.8. The number of rotatable bonds is 7. The first-order valence-electron chi connectivity index (χ1n) is 8.27. The molecule has 0 radical (unpaired) electrons. The van der Waals surface area contributed by atoms with Crippen LogP contribution in [0.1, 0.15) is 20.7 Å². The predicted octanol–water partition coefficient (Wildman–Crippen LogP) is 1.61. The van der Waals surface area contributed by atoms with Crippen molar-refractivity contribution in [2.24, 2.45) is 0 Å². The normalized spacial score (nSPS) is 12.4. The molecule has 0 heterocycles. The van der Waals surface area contributed by atoms with Crippen molar-refractivity contribution in [3.05, 3.63) is 71.8 Å². The highest BCUT2D eigenvalue weighted by Crippen LogP contribution is 2.14. The van der Waals surface area contributed by atoms with Gasteiger partial charge in [0.25, 0.3) is 5.91 Å². The van der Waals surface area contributed by atoms with Gasteiger partial charge in [-0.15, -0.1) is 0 Å². The monoisotopic (exact) mass is 385 g/mol. The molecule has 0 bridgehead atoms. The maximum atomic E-state index is 12.5. The maximum absolute atomic E-state index is 12.5. The largest absolute Gasteiger partial charge is 0.478 e. The van der Waals surface area contributed by atoms with Crippen LogP contribution >= 0.6 is 0 Å². The first-order valence-corrected chi connectivity index (χ1v) is 8.27. The molecule has 8 nitrogen and oxygen atoms in total. The third-order valence-electron chi connectivity index (χ3n) is 3.69. The van der Waals surface area contributed by atoms with Gasteiger partial charge in [-0.1, -0.05) is 36.4 Å². The lowest BCUT2D eigenvalue weighted by molar-refractivity contribution is -0.162. The second-order valence-corrected chi connectivity index (χ2v) is 5.95. The lowest BCUT2D eigenvalue weighted by Crippen LogP contribution is -2.49. The maximum Gasteiger partial charge on any atom is 0.349 e. The number of amides is 1. The van der Waals surface area contributed by atoms with E-state index in [2.05, 4.69) is 0 Å². The van der Waals surface area contributed by atoms with Gasteiger partial charge in [-0.05, 0) is 24.3 Å². The summed E-state index contributed by atoms with van der Waals surface area (Å²) in [5, 5.41) is 9.51. The van der Waals surface area contributed by atoms with E-state index >= 15 is 0 Å². The average Bonchev–Trinajstić information content (AvgIpc) is 2.70. The van der Waals surface area contributed by atoms with Crippen molar-refractivity contribution >= 4 is 23.8 Å². The van der Waals surface area contributed by atoms with Crippen LogP contribution in [0.5, 0.6) is 0 Å². The molecule has 1 N–H and O–H groups in total. The summed E-state index contributed by atoms with van der Waals surface area (Å²) in [6.45, 7) is 0. The number of esters is 2. The van der Waals surface area contributed by atoms with Crippen LogP contribution in [0.4, 0.5) is 0 Å². The Morgan fingerprint density at radius 2 is 1.14 bits per heavy atom. The van der Waals surface area contributed by atoms with Crippen molar-refractivity contribution in [1.82, 2.24) is 4.90 Å². The molecule has 0 aliphatic rings. The molecular weight excluding hydrogens is 366 g/mol. The molecule has 146 valence electrons. The fourth-order valence-corrected chi connectivity index (χ4v) is 2.25. The summed E-state index contributed by atoms with van der Waals surface area (Å²) in [7, 11) is 2.73. The number of carbonyl (C=O) groups excluding carboxylic acids is 3. The van der Waals surface area contributed by atoms with Crippen molar-refractivity contribution in [3.8, 4) is 0 Å². The predicted molar refractivity (Wildman–Crippen MR) is 97.6 cm³/mol. The minimum Gasteiger partial charge on any atom is -0.478 e. The SMILES string of the molecule is CN(C)C(=O)[C@H](OC(=O)c1ccccc1)[C@@H](OC(=O)c1ccccc1)C(=O)O. The Balaban J connectivity index is 2.29. The van der Waals surface area contributed by atoms with Crippen LogP contribution < -0.4 is 0 Å². The molecule has 0 saturated heterocycles. The average molecular weight is 385 g/mol. The number of hydrogen-bond acceptors (Lipinski definition) is 6. The number of ether oxygens (including phenoxy) is 2. The molecule has 2 atom stereocenters. The van der Waals surface area contributed by atoms with Gasteiger partial charge < -0.3 is 19.5 Å². The Kier molecular flexibility index (Phi) is 6.86. The molecule has 0 fully saturated rings. The summed E-state index contributed by atoms with van der Waals surface area (Å²) in [5.74, 6) is -4.33. The van der Waals surface area contributed by atoms with E-state index in [1.54, 1.807) is 36.4 Å². The van der Waals surface area contributed by atoms with E-state index in [0.29, 0.717) is 0 Å². The third kappa shape index (κ3) is 5.16. The van der Waals surface area contributed by atoms with Crippen LogP contribution in [0.25, 0.3) is 0 Å². The van der Waals surface area contributed by atoms with Crippen LogP contribution in [0.3, 0.4) is 0 Å². The van der Waals surface area contributed by atoms with Crippen LogP contribution in [0.15, 0.2) is 60.7 Å². The zero-order valence-corrected chi connectivity index (χ0v) is 15.3. The van der Waals surface area contributed by atoms with E-state index in [4.69, 9.17) is 9.47 Å². The molecular formula is C20H19NO7.